The van der Waals surface area contributed by atoms with Gasteiger partial charge in [0.15, 0.2) is 5.78 Å². The minimum atomic E-state index is -0.245. The molecule has 96 valence electrons. The molecule has 0 aromatic heterocycles. The van der Waals surface area contributed by atoms with E-state index >= 15 is 0 Å². The van der Waals surface area contributed by atoms with Crippen molar-refractivity contribution in [2.75, 3.05) is 20.6 Å². The maximum Gasteiger partial charge on any atom is 0.156 e. The highest BCUT2D eigenvalue weighted by molar-refractivity contribution is 5.98. The van der Waals surface area contributed by atoms with Crippen LogP contribution in [0.15, 0.2) is 30.3 Å². The van der Waals surface area contributed by atoms with Gasteiger partial charge in [-0.2, -0.15) is 0 Å². The van der Waals surface area contributed by atoms with E-state index in [-0.39, 0.29) is 11.6 Å². The third-order valence-electron chi connectivity index (χ3n) is 3.26. The first-order valence-electron chi connectivity index (χ1n) is 6.21. The Morgan fingerprint density at radius 1 is 1.28 bits per heavy atom. The average Bonchev–Trinajstić information content (AvgIpc) is 2.32. The normalized spacial score (nSPS) is 20.1. The van der Waals surface area contributed by atoms with Crippen LogP contribution in [0.25, 0.3) is 5.57 Å². The maximum atomic E-state index is 12.9. The summed E-state index contributed by atoms with van der Waals surface area (Å²) < 4.78 is 12.9. The molecule has 0 heterocycles. The highest BCUT2D eigenvalue weighted by atomic mass is 19.1. The number of benzene rings is 1. The third kappa shape index (κ3) is 3.05. The van der Waals surface area contributed by atoms with Gasteiger partial charge in [0, 0.05) is 13.0 Å². The molecule has 1 aromatic carbocycles. The highest BCUT2D eigenvalue weighted by Gasteiger charge is 2.23. The van der Waals surface area contributed by atoms with Gasteiger partial charge in [-0.15, -0.1) is 0 Å². The summed E-state index contributed by atoms with van der Waals surface area (Å²) in [5, 5.41) is 0. The van der Waals surface area contributed by atoms with Gasteiger partial charge in [0.25, 0.3) is 0 Å². The molecular weight excluding hydrogens is 229 g/mol. The van der Waals surface area contributed by atoms with Crippen LogP contribution in [0.4, 0.5) is 4.39 Å². The lowest BCUT2D eigenvalue weighted by Crippen LogP contribution is -2.25. The van der Waals surface area contributed by atoms with Crippen LogP contribution >= 0.6 is 0 Å². The van der Waals surface area contributed by atoms with E-state index in [0.29, 0.717) is 12.3 Å². The van der Waals surface area contributed by atoms with Gasteiger partial charge < -0.3 is 4.90 Å². The number of rotatable bonds is 3. The van der Waals surface area contributed by atoms with Crippen LogP contribution in [0.3, 0.4) is 0 Å². The third-order valence-corrected chi connectivity index (χ3v) is 3.26. The number of allylic oxidation sites excluding steroid dienone is 1. The molecule has 2 nitrogen and oxygen atoms in total. The Morgan fingerprint density at radius 3 is 2.56 bits per heavy atom. The highest BCUT2D eigenvalue weighted by Crippen LogP contribution is 2.31. The zero-order valence-electron chi connectivity index (χ0n) is 10.8. The van der Waals surface area contributed by atoms with Crippen molar-refractivity contribution in [3.05, 3.63) is 41.7 Å². The van der Waals surface area contributed by atoms with Crippen molar-refractivity contribution < 1.29 is 9.18 Å². The number of hydrogen-bond acceptors (Lipinski definition) is 2. The van der Waals surface area contributed by atoms with E-state index in [9.17, 15) is 9.18 Å². The first kappa shape index (κ1) is 13.0. The van der Waals surface area contributed by atoms with Crippen molar-refractivity contribution in [2.24, 2.45) is 5.92 Å². The first-order chi connectivity index (χ1) is 8.56. The van der Waals surface area contributed by atoms with Crippen LogP contribution in [-0.2, 0) is 4.79 Å². The summed E-state index contributed by atoms with van der Waals surface area (Å²) in [4.78, 5) is 13.7. The molecule has 0 N–H and O–H groups in total. The second-order valence-corrected chi connectivity index (χ2v) is 5.07. The topological polar surface area (TPSA) is 20.3 Å². The molecule has 3 heteroatoms. The number of hydrogen-bond donors (Lipinski definition) is 0. The molecule has 18 heavy (non-hydrogen) atoms. The molecule has 1 aliphatic carbocycles. The van der Waals surface area contributed by atoms with E-state index < -0.39 is 0 Å². The molecule has 0 fully saturated rings. The lowest BCUT2D eigenvalue weighted by atomic mass is 9.83. The Labute approximate surface area is 107 Å². The molecule has 0 saturated carbocycles. The monoisotopic (exact) mass is 247 g/mol. The van der Waals surface area contributed by atoms with Crippen LogP contribution in [-0.4, -0.2) is 31.3 Å². The van der Waals surface area contributed by atoms with E-state index in [0.717, 1.165) is 24.1 Å². The van der Waals surface area contributed by atoms with Crippen molar-refractivity contribution in [3.8, 4) is 0 Å². The lowest BCUT2D eigenvalue weighted by molar-refractivity contribution is -0.115. The van der Waals surface area contributed by atoms with Crippen molar-refractivity contribution in [1.82, 2.24) is 4.90 Å². The van der Waals surface area contributed by atoms with Gasteiger partial charge in [0.2, 0.25) is 0 Å². The number of nitrogens with zero attached hydrogens (tertiary/aromatic N) is 1. The fraction of sp³-hybridized carbons (Fsp3) is 0.400. The standard InChI is InChI=1S/C15H18FNO/c1-17(2)10-12-5-8-14(18)9-15(12)11-3-6-13(16)7-4-11/h3-4,6-7,9,12H,5,8,10H2,1-2H3. The summed E-state index contributed by atoms with van der Waals surface area (Å²) in [7, 11) is 4.05. The predicted molar refractivity (Wildman–Crippen MR) is 70.7 cm³/mol. The predicted octanol–water partition coefficient (Wildman–Crippen LogP) is 2.75. The smallest absolute Gasteiger partial charge is 0.156 e. The van der Waals surface area contributed by atoms with Crippen LogP contribution in [0.1, 0.15) is 18.4 Å². The van der Waals surface area contributed by atoms with Gasteiger partial charge >= 0.3 is 0 Å². The second-order valence-electron chi connectivity index (χ2n) is 5.07. The molecule has 0 spiro atoms. The Morgan fingerprint density at radius 2 is 1.94 bits per heavy atom. The van der Waals surface area contributed by atoms with E-state index in [1.165, 1.54) is 12.1 Å². The van der Waals surface area contributed by atoms with Crippen LogP contribution in [0.2, 0.25) is 0 Å². The fourth-order valence-corrected chi connectivity index (χ4v) is 2.43. The number of carbonyl (C=O) groups is 1. The molecule has 0 saturated heterocycles. The molecule has 0 bridgehead atoms. The minimum Gasteiger partial charge on any atom is -0.309 e. The van der Waals surface area contributed by atoms with Crippen molar-refractivity contribution >= 4 is 11.4 Å². The number of carbonyl (C=O) groups excluding carboxylic acids is 1. The molecule has 1 aromatic rings. The summed E-state index contributed by atoms with van der Waals surface area (Å²) in [5.41, 5.74) is 2.00. The maximum absolute atomic E-state index is 12.9. The van der Waals surface area contributed by atoms with Crippen molar-refractivity contribution in [3.63, 3.8) is 0 Å². The largest absolute Gasteiger partial charge is 0.309 e. The quantitative estimate of drug-likeness (QED) is 0.818. The number of ketones is 1. The molecular formula is C15H18FNO. The summed E-state index contributed by atoms with van der Waals surface area (Å²) >= 11 is 0. The van der Waals surface area contributed by atoms with Gasteiger partial charge in [-0.3, -0.25) is 4.79 Å². The molecule has 1 atom stereocenters. The van der Waals surface area contributed by atoms with Crippen LogP contribution in [0, 0.1) is 11.7 Å². The van der Waals surface area contributed by atoms with Crippen molar-refractivity contribution in [1.29, 1.82) is 0 Å². The molecule has 0 amide bonds. The van der Waals surface area contributed by atoms with Crippen LogP contribution < -0.4 is 0 Å². The molecule has 2 rings (SSSR count). The second kappa shape index (κ2) is 5.44. The summed E-state index contributed by atoms with van der Waals surface area (Å²) in [6.07, 6.45) is 3.22. The Balaban J connectivity index is 2.30. The van der Waals surface area contributed by atoms with E-state index in [4.69, 9.17) is 0 Å². The van der Waals surface area contributed by atoms with Gasteiger partial charge in [0.05, 0.1) is 0 Å². The molecule has 0 aliphatic heterocycles. The fourth-order valence-electron chi connectivity index (χ4n) is 2.43. The Hall–Kier alpha value is -1.48. The van der Waals surface area contributed by atoms with E-state index in [1.54, 1.807) is 18.2 Å². The average molecular weight is 247 g/mol. The Kier molecular flexibility index (Phi) is 3.92. The zero-order valence-corrected chi connectivity index (χ0v) is 10.8. The summed E-state index contributed by atoms with van der Waals surface area (Å²) in [6.45, 7) is 0.913. The van der Waals surface area contributed by atoms with Crippen LogP contribution in [0.5, 0.6) is 0 Å². The van der Waals surface area contributed by atoms with E-state index in [1.807, 2.05) is 14.1 Å². The molecule has 0 radical (unpaired) electrons. The first-order valence-corrected chi connectivity index (χ1v) is 6.21. The van der Waals surface area contributed by atoms with Gasteiger partial charge in [-0.25, -0.2) is 4.39 Å². The van der Waals surface area contributed by atoms with Gasteiger partial charge in [0.1, 0.15) is 5.82 Å². The van der Waals surface area contributed by atoms with Crippen molar-refractivity contribution in [2.45, 2.75) is 12.8 Å². The number of halogens is 1. The minimum absolute atomic E-state index is 0.171. The zero-order chi connectivity index (χ0) is 13.1. The Bertz CT molecular complexity index is 462. The van der Waals surface area contributed by atoms with E-state index in [2.05, 4.69) is 4.90 Å². The summed E-state index contributed by atoms with van der Waals surface area (Å²) in [5.74, 6) is 0.276. The lowest BCUT2D eigenvalue weighted by Gasteiger charge is -2.26. The molecule has 1 aliphatic rings. The van der Waals surface area contributed by atoms with Gasteiger partial charge in [-0.1, -0.05) is 12.1 Å². The molecule has 1 unspecified atom stereocenters. The van der Waals surface area contributed by atoms with Gasteiger partial charge in [-0.05, 0) is 55.8 Å². The SMILES string of the molecule is CN(C)CC1CCC(=O)C=C1c1ccc(F)cc1. The summed E-state index contributed by atoms with van der Waals surface area (Å²) in [6, 6.07) is 6.40.